The number of fused-ring (bicyclic) bond motifs is 1. The van der Waals surface area contributed by atoms with Gasteiger partial charge in [0.2, 0.25) is 0 Å². The van der Waals surface area contributed by atoms with Gasteiger partial charge in [-0.1, -0.05) is 0 Å². The van der Waals surface area contributed by atoms with Crippen molar-refractivity contribution in [2.45, 2.75) is 37.1 Å². The third kappa shape index (κ3) is 3.63. The minimum absolute atomic E-state index is 0.0963. The maximum Gasteiger partial charge on any atom is 0.129 e. The second kappa shape index (κ2) is 7.04. The standard InChI is InChI=1S/C18H26F2N4O2S/c1-27(22,25)24-5-4-11-8-23(9-17(11)24)13-7-16(21)18(26-10-13)14-6-12(19)2-3-15(14)20/h2-3,6,11,13,16-18,22H,4-5,7-10,21H2,1H3/t11?,13-,16+,17?,18-,27?/m1/s1. The summed E-state index contributed by atoms with van der Waals surface area (Å²) in [6.07, 6.45) is 2.40. The Balaban J connectivity index is 1.43. The Morgan fingerprint density at radius 3 is 2.81 bits per heavy atom. The van der Waals surface area contributed by atoms with E-state index < -0.39 is 33.7 Å². The van der Waals surface area contributed by atoms with Gasteiger partial charge in [0.1, 0.15) is 27.7 Å². The molecule has 3 heterocycles. The Morgan fingerprint density at radius 2 is 2.11 bits per heavy atom. The van der Waals surface area contributed by atoms with Gasteiger partial charge in [-0.3, -0.25) is 4.90 Å². The van der Waals surface area contributed by atoms with Gasteiger partial charge in [0.15, 0.2) is 0 Å². The van der Waals surface area contributed by atoms with Crippen LogP contribution in [0.2, 0.25) is 0 Å². The fourth-order valence-corrected chi connectivity index (χ4v) is 6.05. The van der Waals surface area contributed by atoms with E-state index >= 15 is 0 Å². The topological polar surface area (TPSA) is 82.7 Å². The number of nitrogens with two attached hydrogens (primary N) is 1. The lowest BCUT2D eigenvalue weighted by atomic mass is 9.93. The number of hydrogen-bond acceptors (Lipinski definition) is 5. The first-order valence-electron chi connectivity index (χ1n) is 9.31. The van der Waals surface area contributed by atoms with E-state index in [9.17, 15) is 13.0 Å². The van der Waals surface area contributed by atoms with Crippen molar-refractivity contribution in [3.05, 3.63) is 35.4 Å². The molecule has 3 N–H and O–H groups in total. The highest BCUT2D eigenvalue weighted by molar-refractivity contribution is 7.89. The number of rotatable bonds is 3. The van der Waals surface area contributed by atoms with E-state index in [-0.39, 0.29) is 17.6 Å². The van der Waals surface area contributed by atoms with Crippen LogP contribution in [0, 0.1) is 22.3 Å². The Hall–Kier alpha value is -1.13. The first-order valence-corrected chi connectivity index (χ1v) is 11.2. The van der Waals surface area contributed by atoms with Crippen LogP contribution in [0.3, 0.4) is 0 Å². The smallest absolute Gasteiger partial charge is 0.129 e. The van der Waals surface area contributed by atoms with Gasteiger partial charge in [0, 0.05) is 49.6 Å². The summed E-state index contributed by atoms with van der Waals surface area (Å²) in [5.41, 5.74) is 6.44. The molecule has 150 valence electrons. The van der Waals surface area contributed by atoms with Gasteiger partial charge in [0.25, 0.3) is 0 Å². The third-order valence-corrected chi connectivity index (χ3v) is 7.50. The van der Waals surface area contributed by atoms with Crippen molar-refractivity contribution in [1.82, 2.24) is 9.21 Å². The van der Waals surface area contributed by atoms with Gasteiger partial charge >= 0.3 is 0 Å². The molecular weight excluding hydrogens is 374 g/mol. The number of halogens is 2. The summed E-state index contributed by atoms with van der Waals surface area (Å²) in [6.45, 7) is 2.73. The minimum atomic E-state index is -2.70. The number of hydrogen-bond donors (Lipinski definition) is 2. The highest BCUT2D eigenvalue weighted by Crippen LogP contribution is 2.37. The fraction of sp³-hybridized carbons (Fsp3) is 0.667. The number of nitrogens with one attached hydrogen (secondary N) is 1. The zero-order valence-electron chi connectivity index (χ0n) is 15.3. The molecule has 4 rings (SSSR count). The van der Waals surface area contributed by atoms with Crippen LogP contribution < -0.4 is 5.73 Å². The highest BCUT2D eigenvalue weighted by Gasteiger charge is 2.46. The molecule has 0 spiro atoms. The van der Waals surface area contributed by atoms with Crippen molar-refractivity contribution >= 4 is 9.92 Å². The maximum atomic E-state index is 14.1. The fourth-order valence-electron chi connectivity index (χ4n) is 4.84. The molecule has 3 unspecified atom stereocenters. The minimum Gasteiger partial charge on any atom is -0.370 e. The zero-order chi connectivity index (χ0) is 19.3. The van der Waals surface area contributed by atoms with Crippen molar-refractivity contribution in [2.24, 2.45) is 11.7 Å². The predicted octanol–water partition coefficient (Wildman–Crippen LogP) is 1.72. The molecule has 1 aromatic carbocycles. The maximum absolute atomic E-state index is 14.1. The van der Waals surface area contributed by atoms with Gasteiger partial charge in [-0.05, 0) is 37.0 Å². The van der Waals surface area contributed by atoms with Crippen molar-refractivity contribution in [2.75, 3.05) is 32.5 Å². The van der Waals surface area contributed by atoms with E-state index in [2.05, 4.69) is 4.90 Å². The molecule has 0 bridgehead atoms. The normalized spacial score (nSPS) is 37.3. The lowest BCUT2D eigenvalue weighted by Crippen LogP contribution is -2.49. The van der Waals surface area contributed by atoms with Gasteiger partial charge in [-0.2, -0.15) is 0 Å². The van der Waals surface area contributed by atoms with E-state index in [1.54, 1.807) is 0 Å². The Kier molecular flexibility index (Phi) is 5.00. The zero-order valence-corrected chi connectivity index (χ0v) is 16.1. The van der Waals surface area contributed by atoms with E-state index in [1.807, 2.05) is 4.31 Å². The molecule has 0 radical (unpaired) electrons. The SMILES string of the molecule is CS(=N)(=O)N1CCC2CN([C@H]3CO[C@H](c4cc(F)ccc4F)[C@@H](N)C3)CC21. The largest absolute Gasteiger partial charge is 0.370 e. The second-order valence-corrected chi connectivity index (χ2v) is 10.1. The average molecular weight is 400 g/mol. The molecular formula is C18H26F2N4O2S. The summed E-state index contributed by atoms with van der Waals surface area (Å²) in [5.74, 6) is -0.601. The summed E-state index contributed by atoms with van der Waals surface area (Å²) in [6, 6.07) is 3.15. The van der Waals surface area contributed by atoms with Crippen LogP contribution in [0.4, 0.5) is 8.78 Å². The monoisotopic (exact) mass is 400 g/mol. The van der Waals surface area contributed by atoms with Crippen LogP contribution in [-0.4, -0.2) is 64.0 Å². The molecule has 9 heteroatoms. The van der Waals surface area contributed by atoms with Crippen LogP contribution in [-0.2, 0) is 14.7 Å². The molecule has 3 aliphatic heterocycles. The molecule has 3 saturated heterocycles. The second-order valence-electron chi connectivity index (χ2n) is 7.99. The van der Waals surface area contributed by atoms with E-state index in [1.165, 1.54) is 6.26 Å². The highest BCUT2D eigenvalue weighted by atomic mass is 32.2. The first kappa shape index (κ1) is 19.2. The predicted molar refractivity (Wildman–Crippen MR) is 98.4 cm³/mol. The Morgan fingerprint density at radius 1 is 1.33 bits per heavy atom. The molecule has 3 aliphatic rings. The average Bonchev–Trinajstić information content (AvgIpc) is 3.16. The third-order valence-electron chi connectivity index (χ3n) is 6.15. The van der Waals surface area contributed by atoms with E-state index in [0.717, 1.165) is 37.7 Å². The van der Waals surface area contributed by atoms with Crippen LogP contribution in [0.25, 0.3) is 0 Å². The molecule has 27 heavy (non-hydrogen) atoms. The number of likely N-dealkylation sites (tertiary alicyclic amines) is 1. The Bertz CT molecular complexity index is 822. The van der Waals surface area contributed by atoms with Crippen LogP contribution in [0.5, 0.6) is 0 Å². The molecule has 3 fully saturated rings. The molecule has 0 aliphatic carbocycles. The van der Waals surface area contributed by atoms with Crippen LogP contribution in [0.1, 0.15) is 24.5 Å². The molecule has 1 aromatic rings. The van der Waals surface area contributed by atoms with Gasteiger partial charge < -0.3 is 10.5 Å². The van der Waals surface area contributed by atoms with Gasteiger partial charge in [-0.15, -0.1) is 0 Å². The summed E-state index contributed by atoms with van der Waals surface area (Å²) >= 11 is 0. The van der Waals surface area contributed by atoms with Crippen molar-refractivity contribution in [3.63, 3.8) is 0 Å². The summed E-state index contributed by atoms with van der Waals surface area (Å²) in [7, 11) is -2.70. The summed E-state index contributed by atoms with van der Waals surface area (Å²) < 4.78 is 55.4. The first-order chi connectivity index (χ1) is 12.7. The lowest BCUT2D eigenvalue weighted by molar-refractivity contribution is -0.0485. The van der Waals surface area contributed by atoms with Gasteiger partial charge in [-0.25, -0.2) is 22.1 Å². The number of nitrogens with zero attached hydrogens (tertiary/aromatic N) is 2. The van der Waals surface area contributed by atoms with Crippen molar-refractivity contribution in [1.29, 1.82) is 4.78 Å². The number of ether oxygens (including phenoxy) is 1. The van der Waals surface area contributed by atoms with Gasteiger partial charge in [0.05, 0.1) is 6.61 Å². The molecule has 0 aromatic heterocycles. The van der Waals surface area contributed by atoms with Crippen molar-refractivity contribution in [3.8, 4) is 0 Å². The quantitative estimate of drug-likeness (QED) is 0.809. The number of benzene rings is 1. The van der Waals surface area contributed by atoms with Crippen LogP contribution >= 0.6 is 0 Å². The van der Waals surface area contributed by atoms with E-state index in [0.29, 0.717) is 25.5 Å². The van der Waals surface area contributed by atoms with E-state index in [4.69, 9.17) is 15.3 Å². The lowest BCUT2D eigenvalue weighted by Gasteiger charge is -2.39. The Labute approximate surface area is 158 Å². The summed E-state index contributed by atoms with van der Waals surface area (Å²) in [4.78, 5) is 2.30. The van der Waals surface area contributed by atoms with Crippen molar-refractivity contribution < 1.29 is 17.7 Å². The molecule has 6 atom stereocenters. The van der Waals surface area contributed by atoms with Crippen LogP contribution in [0.15, 0.2) is 18.2 Å². The molecule has 0 amide bonds. The summed E-state index contributed by atoms with van der Waals surface area (Å²) in [5, 5.41) is 0. The molecule has 6 nitrogen and oxygen atoms in total. The molecule has 0 saturated carbocycles.